The van der Waals surface area contributed by atoms with Gasteiger partial charge in [-0.3, -0.25) is 0 Å². The summed E-state index contributed by atoms with van der Waals surface area (Å²) in [5.74, 6) is -3.62. The highest BCUT2D eigenvalue weighted by Gasteiger charge is 2.36. The van der Waals surface area contributed by atoms with Crippen molar-refractivity contribution < 1.29 is 8.78 Å². The van der Waals surface area contributed by atoms with E-state index in [1.165, 1.54) is 26.0 Å². The van der Waals surface area contributed by atoms with E-state index in [1.54, 1.807) is 26.0 Å². The molecule has 0 aliphatic heterocycles. The summed E-state index contributed by atoms with van der Waals surface area (Å²) in [7, 11) is 0. The molecule has 0 atom stereocenters. The van der Waals surface area contributed by atoms with E-state index in [-0.39, 0.29) is 5.56 Å². The van der Waals surface area contributed by atoms with Crippen LogP contribution in [0.3, 0.4) is 0 Å². The quantitative estimate of drug-likeness (QED) is 0.771. The van der Waals surface area contributed by atoms with Crippen LogP contribution in [0.25, 0.3) is 0 Å². The van der Waals surface area contributed by atoms with Crippen molar-refractivity contribution in [2.75, 3.05) is 0 Å². The van der Waals surface area contributed by atoms with E-state index in [1.807, 2.05) is 0 Å². The summed E-state index contributed by atoms with van der Waals surface area (Å²) in [6, 6.07) is 8.26. The van der Waals surface area contributed by atoms with Crippen LogP contribution in [0, 0.1) is 17.2 Å². The van der Waals surface area contributed by atoms with Crippen LogP contribution in [0.2, 0.25) is 0 Å². The maximum atomic E-state index is 13.9. The fourth-order valence-corrected chi connectivity index (χ4v) is 1.51. The smallest absolute Gasteiger partial charge is 0.201 e. The van der Waals surface area contributed by atoms with E-state index in [0.717, 1.165) is 0 Å². The van der Waals surface area contributed by atoms with Gasteiger partial charge < -0.3 is 0 Å². The lowest BCUT2D eigenvalue weighted by molar-refractivity contribution is -0.0514. The van der Waals surface area contributed by atoms with Crippen molar-refractivity contribution in [1.29, 1.82) is 5.26 Å². The van der Waals surface area contributed by atoms with Gasteiger partial charge in [-0.15, -0.1) is 0 Å². The zero-order valence-corrected chi connectivity index (χ0v) is 10.6. The highest BCUT2D eigenvalue weighted by molar-refractivity contribution is 5.35. The first-order valence-electron chi connectivity index (χ1n) is 5.62. The Labute approximate surface area is 101 Å². The molecule has 1 aromatic rings. The standard InChI is InChI=1S/C14H17F2N/c1-10(2)14(15,16)12-7-5-6-11(8-12)13(3,4)9-17/h5-8,10H,1-4H3. The molecule has 0 N–H and O–H groups in total. The molecule has 0 aliphatic carbocycles. The van der Waals surface area contributed by atoms with E-state index in [2.05, 4.69) is 6.07 Å². The predicted molar refractivity (Wildman–Crippen MR) is 63.8 cm³/mol. The molecule has 0 aliphatic rings. The van der Waals surface area contributed by atoms with Gasteiger partial charge in [0, 0.05) is 11.5 Å². The lowest BCUT2D eigenvalue weighted by Crippen LogP contribution is -2.22. The molecular weight excluding hydrogens is 220 g/mol. The van der Waals surface area contributed by atoms with E-state index in [9.17, 15) is 8.78 Å². The number of hydrogen-bond acceptors (Lipinski definition) is 1. The van der Waals surface area contributed by atoms with Gasteiger partial charge in [0.1, 0.15) is 0 Å². The highest BCUT2D eigenvalue weighted by Crippen LogP contribution is 2.37. The third-order valence-corrected chi connectivity index (χ3v) is 2.97. The minimum Gasteiger partial charge on any atom is -0.201 e. The second-order valence-corrected chi connectivity index (χ2v) is 5.10. The highest BCUT2D eigenvalue weighted by atomic mass is 19.3. The van der Waals surface area contributed by atoms with Gasteiger partial charge in [0.15, 0.2) is 0 Å². The van der Waals surface area contributed by atoms with Crippen molar-refractivity contribution in [3.63, 3.8) is 0 Å². The van der Waals surface area contributed by atoms with Gasteiger partial charge in [-0.25, -0.2) is 8.78 Å². The van der Waals surface area contributed by atoms with E-state index >= 15 is 0 Å². The Morgan fingerprint density at radius 1 is 1.18 bits per heavy atom. The zero-order chi connectivity index (χ0) is 13.3. The Bertz CT molecular complexity index is 442. The first-order chi connectivity index (χ1) is 7.71. The molecule has 92 valence electrons. The number of nitrogens with zero attached hydrogens (tertiary/aromatic N) is 1. The summed E-state index contributed by atoms with van der Waals surface area (Å²) in [6.45, 7) is 6.42. The van der Waals surface area contributed by atoms with Crippen molar-refractivity contribution in [2.24, 2.45) is 5.92 Å². The van der Waals surface area contributed by atoms with Crippen molar-refractivity contribution in [3.8, 4) is 6.07 Å². The predicted octanol–water partition coefficient (Wildman–Crippen LogP) is 4.24. The number of alkyl halides is 2. The van der Waals surface area contributed by atoms with Gasteiger partial charge in [0.2, 0.25) is 0 Å². The fraction of sp³-hybridized carbons (Fsp3) is 0.500. The number of benzene rings is 1. The maximum absolute atomic E-state index is 13.9. The van der Waals surface area contributed by atoms with Crippen LogP contribution in [0.15, 0.2) is 24.3 Å². The van der Waals surface area contributed by atoms with Crippen LogP contribution >= 0.6 is 0 Å². The Morgan fingerprint density at radius 3 is 2.18 bits per heavy atom. The van der Waals surface area contributed by atoms with Crippen LogP contribution < -0.4 is 0 Å². The molecule has 17 heavy (non-hydrogen) atoms. The van der Waals surface area contributed by atoms with Crippen molar-refractivity contribution in [2.45, 2.75) is 39.0 Å². The van der Waals surface area contributed by atoms with Crippen molar-refractivity contribution in [1.82, 2.24) is 0 Å². The van der Waals surface area contributed by atoms with Crippen LogP contribution in [-0.4, -0.2) is 0 Å². The second kappa shape index (κ2) is 4.44. The SMILES string of the molecule is CC(C)C(F)(F)c1cccc(C(C)(C)C#N)c1. The Hall–Kier alpha value is -1.43. The van der Waals surface area contributed by atoms with E-state index in [0.29, 0.717) is 5.56 Å². The van der Waals surface area contributed by atoms with Crippen LogP contribution in [0.4, 0.5) is 8.78 Å². The molecule has 0 aromatic heterocycles. The largest absolute Gasteiger partial charge is 0.275 e. The second-order valence-electron chi connectivity index (χ2n) is 5.10. The maximum Gasteiger partial charge on any atom is 0.275 e. The van der Waals surface area contributed by atoms with E-state index < -0.39 is 17.3 Å². The molecule has 0 heterocycles. The van der Waals surface area contributed by atoms with Gasteiger partial charge in [0.25, 0.3) is 5.92 Å². The van der Waals surface area contributed by atoms with Crippen LogP contribution in [0.1, 0.15) is 38.8 Å². The third-order valence-electron chi connectivity index (χ3n) is 2.97. The summed E-state index contributed by atoms with van der Waals surface area (Å²) in [5, 5.41) is 9.01. The van der Waals surface area contributed by atoms with Gasteiger partial charge in [0.05, 0.1) is 11.5 Å². The number of hydrogen-bond donors (Lipinski definition) is 0. The molecule has 0 bridgehead atoms. The van der Waals surface area contributed by atoms with Gasteiger partial charge in [-0.2, -0.15) is 5.26 Å². The number of nitriles is 1. The number of rotatable bonds is 3. The summed E-state index contributed by atoms with van der Waals surface area (Å²) >= 11 is 0. The summed E-state index contributed by atoms with van der Waals surface area (Å²) in [4.78, 5) is 0. The first-order valence-corrected chi connectivity index (χ1v) is 5.62. The molecule has 0 unspecified atom stereocenters. The molecule has 0 radical (unpaired) electrons. The number of halogens is 2. The van der Waals surface area contributed by atoms with Crippen LogP contribution in [0.5, 0.6) is 0 Å². The Balaban J connectivity index is 3.25. The molecular formula is C14H17F2N. The van der Waals surface area contributed by atoms with Crippen LogP contribution in [-0.2, 0) is 11.3 Å². The molecule has 0 amide bonds. The molecule has 0 spiro atoms. The molecule has 1 aromatic carbocycles. The normalized spacial score (nSPS) is 12.6. The Kier molecular flexibility index (Phi) is 3.56. The van der Waals surface area contributed by atoms with E-state index in [4.69, 9.17) is 5.26 Å². The average molecular weight is 237 g/mol. The monoisotopic (exact) mass is 237 g/mol. The molecule has 1 rings (SSSR count). The fourth-order valence-electron chi connectivity index (χ4n) is 1.51. The summed E-state index contributed by atoms with van der Waals surface area (Å²) in [6.07, 6.45) is 0. The summed E-state index contributed by atoms with van der Waals surface area (Å²) in [5.41, 5.74) is -0.144. The minimum absolute atomic E-state index is 0.0201. The minimum atomic E-state index is -2.86. The topological polar surface area (TPSA) is 23.8 Å². The Morgan fingerprint density at radius 2 is 1.71 bits per heavy atom. The van der Waals surface area contributed by atoms with Gasteiger partial charge in [-0.1, -0.05) is 32.0 Å². The van der Waals surface area contributed by atoms with Gasteiger partial charge >= 0.3 is 0 Å². The van der Waals surface area contributed by atoms with Crippen molar-refractivity contribution >= 4 is 0 Å². The lowest BCUT2D eigenvalue weighted by Gasteiger charge is -2.23. The third kappa shape index (κ3) is 2.63. The molecule has 0 saturated heterocycles. The molecule has 0 saturated carbocycles. The summed E-state index contributed by atoms with van der Waals surface area (Å²) < 4.78 is 27.7. The molecule has 3 heteroatoms. The lowest BCUT2D eigenvalue weighted by atomic mass is 9.84. The zero-order valence-electron chi connectivity index (χ0n) is 10.6. The average Bonchev–Trinajstić information content (AvgIpc) is 2.29. The molecule has 0 fully saturated rings. The first kappa shape index (κ1) is 13.6. The molecule has 1 nitrogen and oxygen atoms in total. The van der Waals surface area contributed by atoms with Gasteiger partial charge in [-0.05, 0) is 25.5 Å². The van der Waals surface area contributed by atoms with Crippen molar-refractivity contribution in [3.05, 3.63) is 35.4 Å².